The highest BCUT2D eigenvalue weighted by molar-refractivity contribution is 7.85. The van der Waals surface area contributed by atoms with Crippen LogP contribution in [0.2, 0.25) is 0 Å². The molecule has 2 rings (SSSR count). The fourth-order valence-electron chi connectivity index (χ4n) is 2.13. The molecule has 1 fully saturated rings. The fourth-order valence-corrected chi connectivity index (χ4v) is 3.87. The Bertz CT molecular complexity index is 497. The zero-order chi connectivity index (χ0) is 12.5. The molecular formula is C14H17NOS. The molecule has 3 heteroatoms. The van der Waals surface area contributed by atoms with Crippen LogP contribution in [-0.4, -0.2) is 9.96 Å². The first kappa shape index (κ1) is 12.3. The lowest BCUT2D eigenvalue weighted by atomic mass is 10.1. The van der Waals surface area contributed by atoms with Crippen LogP contribution in [0.4, 0.5) is 0 Å². The molecule has 0 aliphatic heterocycles. The maximum absolute atomic E-state index is 12.3. The third-order valence-electron chi connectivity index (χ3n) is 3.42. The monoisotopic (exact) mass is 247 g/mol. The molecule has 1 aromatic carbocycles. The Morgan fingerprint density at radius 3 is 2.65 bits per heavy atom. The summed E-state index contributed by atoms with van der Waals surface area (Å²) in [5.74, 6) is 0.643. The largest absolute Gasteiger partial charge is 0.254 e. The van der Waals surface area contributed by atoms with Gasteiger partial charge in [-0.15, -0.1) is 0 Å². The van der Waals surface area contributed by atoms with Crippen molar-refractivity contribution in [3.8, 4) is 6.07 Å². The van der Waals surface area contributed by atoms with Crippen molar-refractivity contribution in [3.63, 3.8) is 0 Å². The quantitative estimate of drug-likeness (QED) is 0.820. The van der Waals surface area contributed by atoms with Gasteiger partial charge >= 0.3 is 0 Å². The zero-order valence-electron chi connectivity index (χ0n) is 10.3. The topological polar surface area (TPSA) is 40.9 Å². The van der Waals surface area contributed by atoms with Gasteiger partial charge in [-0.05, 0) is 43.7 Å². The smallest absolute Gasteiger partial charge is 0.0627 e. The van der Waals surface area contributed by atoms with E-state index in [1.807, 2.05) is 26.0 Å². The van der Waals surface area contributed by atoms with E-state index < -0.39 is 10.8 Å². The van der Waals surface area contributed by atoms with Crippen molar-refractivity contribution in [1.82, 2.24) is 0 Å². The number of nitriles is 1. The van der Waals surface area contributed by atoms with E-state index in [9.17, 15) is 4.21 Å². The van der Waals surface area contributed by atoms with E-state index in [0.29, 0.717) is 12.2 Å². The minimum absolute atomic E-state index is 0.0525. The number of aryl methyl sites for hydroxylation is 2. The molecule has 1 saturated carbocycles. The van der Waals surface area contributed by atoms with Gasteiger partial charge in [-0.25, -0.2) is 0 Å². The van der Waals surface area contributed by atoms with Crippen molar-refractivity contribution in [1.29, 1.82) is 5.26 Å². The summed E-state index contributed by atoms with van der Waals surface area (Å²) in [6.45, 7) is 4.04. The number of hydrogen-bond acceptors (Lipinski definition) is 2. The minimum Gasteiger partial charge on any atom is -0.254 e. The lowest BCUT2D eigenvalue weighted by molar-refractivity contribution is 0.587. The van der Waals surface area contributed by atoms with E-state index in [2.05, 4.69) is 12.1 Å². The number of hydrogen-bond donors (Lipinski definition) is 0. The van der Waals surface area contributed by atoms with Gasteiger partial charge in [0.1, 0.15) is 0 Å². The normalized spacial score (nSPS) is 18.4. The Kier molecular flexibility index (Phi) is 3.35. The van der Waals surface area contributed by atoms with Crippen molar-refractivity contribution >= 4 is 10.8 Å². The molecule has 1 aliphatic rings. The molecule has 0 saturated heterocycles. The lowest BCUT2D eigenvalue weighted by Gasteiger charge is -2.12. The van der Waals surface area contributed by atoms with Gasteiger partial charge in [-0.2, -0.15) is 5.26 Å². The SMILES string of the molecule is Cc1ccc(S(=O)CC2(CC#N)CC2)c(C)c1. The van der Waals surface area contributed by atoms with Crippen molar-refractivity contribution in [2.75, 3.05) is 5.75 Å². The molecule has 0 N–H and O–H groups in total. The summed E-state index contributed by atoms with van der Waals surface area (Å²) < 4.78 is 12.3. The van der Waals surface area contributed by atoms with E-state index in [1.165, 1.54) is 5.56 Å². The third kappa shape index (κ3) is 2.76. The Morgan fingerprint density at radius 1 is 1.41 bits per heavy atom. The van der Waals surface area contributed by atoms with E-state index in [0.717, 1.165) is 23.3 Å². The first-order chi connectivity index (χ1) is 8.06. The van der Waals surface area contributed by atoms with E-state index in [-0.39, 0.29) is 5.41 Å². The molecule has 0 radical (unpaired) electrons. The molecule has 1 aliphatic carbocycles. The molecule has 0 bridgehead atoms. The van der Waals surface area contributed by atoms with Crippen LogP contribution in [0.1, 0.15) is 30.4 Å². The lowest BCUT2D eigenvalue weighted by Crippen LogP contribution is -2.12. The minimum atomic E-state index is -0.963. The van der Waals surface area contributed by atoms with Crippen LogP contribution in [0.5, 0.6) is 0 Å². The summed E-state index contributed by atoms with van der Waals surface area (Å²) in [7, 11) is -0.963. The Labute approximate surface area is 105 Å². The fraction of sp³-hybridized carbons (Fsp3) is 0.500. The molecule has 0 spiro atoms. The van der Waals surface area contributed by atoms with Crippen molar-refractivity contribution < 1.29 is 4.21 Å². The summed E-state index contributed by atoms with van der Waals surface area (Å²) in [5.41, 5.74) is 2.34. The molecule has 17 heavy (non-hydrogen) atoms. The summed E-state index contributed by atoms with van der Waals surface area (Å²) >= 11 is 0. The standard InChI is InChI=1S/C14H17NOS/c1-11-3-4-13(12(2)9-11)17(16)10-14(5-6-14)7-8-15/h3-4,9H,5-7,10H2,1-2H3. The molecule has 0 aromatic heterocycles. The first-order valence-corrected chi connectivity index (χ1v) is 7.21. The number of rotatable bonds is 4. The van der Waals surface area contributed by atoms with Crippen LogP contribution >= 0.6 is 0 Å². The second kappa shape index (κ2) is 4.62. The highest BCUT2D eigenvalue weighted by Crippen LogP contribution is 2.49. The van der Waals surface area contributed by atoms with Crippen molar-refractivity contribution in [2.24, 2.45) is 5.41 Å². The van der Waals surface area contributed by atoms with E-state index >= 15 is 0 Å². The van der Waals surface area contributed by atoms with Crippen LogP contribution in [0.25, 0.3) is 0 Å². The van der Waals surface area contributed by atoms with Gasteiger partial charge in [0.15, 0.2) is 0 Å². The van der Waals surface area contributed by atoms with Crippen molar-refractivity contribution in [2.45, 2.75) is 38.0 Å². The van der Waals surface area contributed by atoms with E-state index in [1.54, 1.807) is 0 Å². The molecule has 0 heterocycles. The van der Waals surface area contributed by atoms with Gasteiger partial charge in [0.2, 0.25) is 0 Å². The predicted octanol–water partition coefficient (Wildman–Crippen LogP) is 3.10. The van der Waals surface area contributed by atoms with Crippen LogP contribution in [0.3, 0.4) is 0 Å². The molecule has 1 atom stereocenters. The van der Waals surface area contributed by atoms with Gasteiger partial charge in [0.05, 0.1) is 16.9 Å². The highest BCUT2D eigenvalue weighted by atomic mass is 32.2. The Hall–Kier alpha value is -1.14. The molecule has 2 nitrogen and oxygen atoms in total. The first-order valence-electron chi connectivity index (χ1n) is 5.89. The van der Waals surface area contributed by atoms with Gasteiger partial charge < -0.3 is 0 Å². The van der Waals surface area contributed by atoms with E-state index in [4.69, 9.17) is 5.26 Å². The summed E-state index contributed by atoms with van der Waals surface area (Å²) in [6, 6.07) is 8.25. The second-order valence-electron chi connectivity index (χ2n) is 5.09. The van der Waals surface area contributed by atoms with Crippen LogP contribution in [0, 0.1) is 30.6 Å². The molecule has 1 unspecified atom stereocenters. The van der Waals surface area contributed by atoms with Crippen LogP contribution in [0.15, 0.2) is 23.1 Å². The Morgan fingerprint density at radius 2 is 2.12 bits per heavy atom. The highest BCUT2D eigenvalue weighted by Gasteiger charge is 2.44. The summed E-state index contributed by atoms with van der Waals surface area (Å²) in [4.78, 5) is 0.930. The molecular weight excluding hydrogens is 230 g/mol. The summed E-state index contributed by atoms with van der Waals surface area (Å²) in [5, 5.41) is 8.77. The average molecular weight is 247 g/mol. The molecule has 1 aromatic rings. The summed E-state index contributed by atoms with van der Waals surface area (Å²) in [6.07, 6.45) is 2.65. The van der Waals surface area contributed by atoms with Crippen molar-refractivity contribution in [3.05, 3.63) is 29.3 Å². The molecule has 0 amide bonds. The van der Waals surface area contributed by atoms with Gasteiger partial charge in [-0.3, -0.25) is 4.21 Å². The maximum Gasteiger partial charge on any atom is 0.0627 e. The third-order valence-corrected chi connectivity index (χ3v) is 5.25. The number of nitrogens with zero attached hydrogens (tertiary/aromatic N) is 1. The number of benzene rings is 1. The zero-order valence-corrected chi connectivity index (χ0v) is 11.1. The van der Waals surface area contributed by atoms with Gasteiger partial charge in [0.25, 0.3) is 0 Å². The average Bonchev–Trinajstić information content (AvgIpc) is 2.97. The predicted molar refractivity (Wildman–Crippen MR) is 69.1 cm³/mol. The Balaban J connectivity index is 2.13. The maximum atomic E-state index is 12.3. The molecule has 90 valence electrons. The van der Waals surface area contributed by atoms with Crippen LogP contribution in [-0.2, 0) is 10.8 Å². The second-order valence-corrected chi connectivity index (χ2v) is 6.51. The van der Waals surface area contributed by atoms with Gasteiger partial charge in [0, 0.05) is 17.1 Å². The van der Waals surface area contributed by atoms with Gasteiger partial charge in [-0.1, -0.05) is 17.7 Å². The van der Waals surface area contributed by atoms with Crippen LogP contribution < -0.4 is 0 Å².